The van der Waals surface area contributed by atoms with Crippen molar-refractivity contribution >= 4 is 57.6 Å². The van der Waals surface area contributed by atoms with Crippen molar-refractivity contribution in [3.8, 4) is 0 Å². The number of thioether (sulfide) groups is 1. The number of hydrogen-bond donors (Lipinski definition) is 0. The number of carbonyl (C=O) groups is 4. The molecule has 2 heterocycles. The molecule has 2 saturated heterocycles. The maximum atomic E-state index is 13.2. The Kier molecular flexibility index (Phi) is 9.23. The lowest BCUT2D eigenvalue weighted by Crippen LogP contribution is -2.47. The third-order valence-corrected chi connectivity index (χ3v) is 8.68. The van der Waals surface area contributed by atoms with Crippen LogP contribution in [-0.4, -0.2) is 75.7 Å². The number of carbonyl (C=O) groups excluding carboxylic acids is 4. The fourth-order valence-electron chi connectivity index (χ4n) is 4.76. The van der Waals surface area contributed by atoms with Gasteiger partial charge in [0.15, 0.2) is 12.4 Å². The summed E-state index contributed by atoms with van der Waals surface area (Å²) in [6.45, 7) is 3.79. The van der Waals surface area contributed by atoms with Crippen LogP contribution in [-0.2, 0) is 20.9 Å². The Morgan fingerprint density at radius 2 is 1.46 bits per heavy atom. The fraction of sp³-hybridized carbons (Fsp3) is 0.258. The molecule has 8 nitrogen and oxygen atoms in total. The Bertz CT molecular complexity index is 1430. The van der Waals surface area contributed by atoms with Gasteiger partial charge in [0.1, 0.15) is 9.57 Å². The van der Waals surface area contributed by atoms with Crippen LogP contribution in [0, 0.1) is 0 Å². The number of anilines is 1. The Morgan fingerprint density at radius 1 is 0.829 bits per heavy atom. The largest absolute Gasteiger partial charge is 0.454 e. The minimum absolute atomic E-state index is 0.0585. The minimum Gasteiger partial charge on any atom is -0.454 e. The second-order valence-corrected chi connectivity index (χ2v) is 11.6. The van der Waals surface area contributed by atoms with E-state index in [1.165, 1.54) is 41.6 Å². The predicted octanol–water partition coefficient (Wildman–Crippen LogP) is 4.19. The number of amides is 2. The van der Waals surface area contributed by atoms with Gasteiger partial charge in [0.05, 0.1) is 11.3 Å². The molecular formula is C31H29N3O5S2. The third-order valence-electron chi connectivity index (χ3n) is 7.02. The van der Waals surface area contributed by atoms with Gasteiger partial charge in [-0.25, -0.2) is 9.69 Å². The first-order chi connectivity index (χ1) is 19.9. The SMILES string of the molecule is O=C(COC(=O)c1ccc(N2C(=O)C[C@H](SC(=S)N3CCN(Cc4ccccc4)CC3)C2=O)cc1)c1ccccc1. The van der Waals surface area contributed by atoms with Gasteiger partial charge in [-0.2, -0.15) is 0 Å². The monoisotopic (exact) mass is 587 g/mol. The molecule has 3 aromatic rings. The smallest absolute Gasteiger partial charge is 0.338 e. The highest BCUT2D eigenvalue weighted by atomic mass is 32.2. The summed E-state index contributed by atoms with van der Waals surface area (Å²) in [5.74, 6) is -1.61. The molecule has 0 N–H and O–H groups in total. The van der Waals surface area contributed by atoms with Crippen LogP contribution in [0.15, 0.2) is 84.9 Å². The molecule has 5 rings (SSSR count). The van der Waals surface area contributed by atoms with E-state index in [0.717, 1.165) is 37.6 Å². The molecule has 2 fully saturated rings. The van der Waals surface area contributed by atoms with E-state index in [2.05, 4.69) is 21.9 Å². The molecule has 0 unspecified atom stereocenters. The number of esters is 1. The van der Waals surface area contributed by atoms with Crippen molar-refractivity contribution < 1.29 is 23.9 Å². The molecular weight excluding hydrogens is 558 g/mol. The van der Waals surface area contributed by atoms with Crippen molar-refractivity contribution in [2.24, 2.45) is 0 Å². The molecule has 0 aromatic heterocycles. The lowest BCUT2D eigenvalue weighted by Gasteiger charge is -2.36. The number of rotatable bonds is 8. The highest BCUT2D eigenvalue weighted by Gasteiger charge is 2.41. The van der Waals surface area contributed by atoms with Crippen LogP contribution < -0.4 is 4.90 Å². The summed E-state index contributed by atoms with van der Waals surface area (Å²) < 4.78 is 5.77. The van der Waals surface area contributed by atoms with Gasteiger partial charge in [-0.1, -0.05) is 84.6 Å². The maximum absolute atomic E-state index is 13.2. The first kappa shape index (κ1) is 28.7. The first-order valence-corrected chi connectivity index (χ1v) is 14.6. The first-order valence-electron chi connectivity index (χ1n) is 13.3. The Hall–Kier alpha value is -3.86. The van der Waals surface area contributed by atoms with Crippen LogP contribution in [0.25, 0.3) is 0 Å². The number of imide groups is 1. The Labute approximate surface area is 248 Å². The number of hydrogen-bond acceptors (Lipinski definition) is 8. The van der Waals surface area contributed by atoms with Gasteiger partial charge in [0, 0.05) is 44.7 Å². The molecule has 0 aliphatic carbocycles. The normalized spacial score (nSPS) is 17.5. The number of benzene rings is 3. The number of ketones is 1. The zero-order valence-corrected chi connectivity index (χ0v) is 23.9. The second kappa shape index (κ2) is 13.2. The number of ether oxygens (including phenoxy) is 1. The summed E-state index contributed by atoms with van der Waals surface area (Å²) in [4.78, 5) is 56.2. The fourth-order valence-corrected chi connectivity index (χ4v) is 6.30. The molecule has 0 radical (unpaired) electrons. The zero-order valence-electron chi connectivity index (χ0n) is 22.3. The molecule has 10 heteroatoms. The standard InChI is InChI=1S/C31H29N3O5S2/c35-26(23-9-5-2-6-10-23)21-39-30(38)24-11-13-25(14-12-24)34-28(36)19-27(29(34)37)41-31(40)33-17-15-32(16-18-33)20-22-7-3-1-4-8-22/h1-14,27H,15-21H2/t27-/m0/s1. The van der Waals surface area contributed by atoms with Crippen molar-refractivity contribution in [3.05, 3.63) is 102 Å². The van der Waals surface area contributed by atoms with Crippen molar-refractivity contribution in [2.45, 2.75) is 18.2 Å². The van der Waals surface area contributed by atoms with Crippen molar-refractivity contribution in [2.75, 3.05) is 37.7 Å². The van der Waals surface area contributed by atoms with Crippen LogP contribution in [0.3, 0.4) is 0 Å². The van der Waals surface area contributed by atoms with Crippen molar-refractivity contribution in [3.63, 3.8) is 0 Å². The molecule has 0 spiro atoms. The molecule has 210 valence electrons. The molecule has 3 aromatic carbocycles. The highest BCUT2D eigenvalue weighted by molar-refractivity contribution is 8.23. The van der Waals surface area contributed by atoms with Crippen LogP contribution in [0.5, 0.6) is 0 Å². The van der Waals surface area contributed by atoms with Crippen LogP contribution in [0.1, 0.15) is 32.7 Å². The van der Waals surface area contributed by atoms with Gasteiger partial charge in [0.2, 0.25) is 11.8 Å². The Balaban J connectivity index is 1.11. The van der Waals surface area contributed by atoms with E-state index in [0.29, 0.717) is 15.6 Å². The summed E-state index contributed by atoms with van der Waals surface area (Å²) in [6, 6.07) is 24.9. The Morgan fingerprint density at radius 3 is 2.12 bits per heavy atom. The number of nitrogens with zero attached hydrogens (tertiary/aromatic N) is 3. The van der Waals surface area contributed by atoms with Crippen LogP contribution in [0.2, 0.25) is 0 Å². The molecule has 1 atom stereocenters. The van der Waals surface area contributed by atoms with Crippen molar-refractivity contribution in [1.29, 1.82) is 0 Å². The summed E-state index contributed by atoms with van der Waals surface area (Å²) >= 11 is 6.92. The van der Waals surface area contributed by atoms with Gasteiger partial charge in [-0.15, -0.1) is 0 Å². The molecule has 0 bridgehead atoms. The molecule has 0 saturated carbocycles. The number of thiocarbonyl (C=S) groups is 1. The van der Waals surface area contributed by atoms with E-state index < -0.39 is 11.2 Å². The average molecular weight is 588 g/mol. The predicted molar refractivity (Wildman–Crippen MR) is 162 cm³/mol. The van der Waals surface area contributed by atoms with Gasteiger partial charge < -0.3 is 9.64 Å². The lowest BCUT2D eigenvalue weighted by molar-refractivity contribution is -0.121. The van der Waals surface area contributed by atoms with E-state index in [4.69, 9.17) is 17.0 Å². The second-order valence-electron chi connectivity index (χ2n) is 9.80. The maximum Gasteiger partial charge on any atom is 0.338 e. The average Bonchev–Trinajstić information content (AvgIpc) is 3.28. The molecule has 2 aliphatic heterocycles. The van der Waals surface area contributed by atoms with Gasteiger partial charge in [0.25, 0.3) is 0 Å². The van der Waals surface area contributed by atoms with Gasteiger partial charge >= 0.3 is 5.97 Å². The zero-order chi connectivity index (χ0) is 28.8. The number of Topliss-reactive ketones (excluding diaryl/α,β-unsaturated/α-hetero) is 1. The molecule has 41 heavy (non-hydrogen) atoms. The van der Waals surface area contributed by atoms with Crippen molar-refractivity contribution in [1.82, 2.24) is 9.80 Å². The van der Waals surface area contributed by atoms with Crippen LogP contribution >= 0.6 is 24.0 Å². The summed E-state index contributed by atoms with van der Waals surface area (Å²) in [5, 5.41) is -0.592. The summed E-state index contributed by atoms with van der Waals surface area (Å²) in [5.41, 5.74) is 2.32. The van der Waals surface area contributed by atoms with E-state index in [9.17, 15) is 19.2 Å². The van der Waals surface area contributed by atoms with Gasteiger partial charge in [-0.05, 0) is 29.8 Å². The van der Waals surface area contributed by atoms with E-state index in [1.54, 1.807) is 30.3 Å². The topological polar surface area (TPSA) is 87.2 Å². The summed E-state index contributed by atoms with van der Waals surface area (Å²) in [6.07, 6.45) is 0.0585. The minimum atomic E-state index is -0.664. The number of piperazine rings is 1. The van der Waals surface area contributed by atoms with E-state index in [-0.39, 0.29) is 36.2 Å². The molecule has 2 aliphatic rings. The quantitative estimate of drug-likeness (QED) is 0.167. The molecule has 2 amide bonds. The van der Waals surface area contributed by atoms with E-state index in [1.807, 2.05) is 18.2 Å². The highest BCUT2D eigenvalue weighted by Crippen LogP contribution is 2.31. The van der Waals surface area contributed by atoms with Gasteiger partial charge in [-0.3, -0.25) is 19.3 Å². The lowest BCUT2D eigenvalue weighted by atomic mass is 10.1. The van der Waals surface area contributed by atoms with Crippen LogP contribution in [0.4, 0.5) is 5.69 Å². The summed E-state index contributed by atoms with van der Waals surface area (Å²) in [7, 11) is 0. The third kappa shape index (κ3) is 7.08. The van der Waals surface area contributed by atoms with E-state index >= 15 is 0 Å².